The van der Waals surface area contributed by atoms with Crippen LogP contribution in [0.2, 0.25) is 0 Å². The lowest BCUT2D eigenvalue weighted by Crippen LogP contribution is -2.14. The van der Waals surface area contributed by atoms with Crippen molar-refractivity contribution < 1.29 is 4.74 Å². The van der Waals surface area contributed by atoms with E-state index in [1.165, 1.54) is 5.69 Å². The van der Waals surface area contributed by atoms with Gasteiger partial charge in [0.2, 0.25) is 0 Å². The van der Waals surface area contributed by atoms with Crippen molar-refractivity contribution in [3.8, 4) is 5.75 Å². The summed E-state index contributed by atoms with van der Waals surface area (Å²) in [5.41, 5.74) is 1.27. The zero-order valence-electron chi connectivity index (χ0n) is 10.4. The summed E-state index contributed by atoms with van der Waals surface area (Å²) in [4.78, 5) is 0. The van der Waals surface area contributed by atoms with E-state index >= 15 is 0 Å². The standard InChI is InChI=1S/C14H17BrN2O/c1-16-11-13-5-3-7-17(13)8-9-18-14-6-2-4-12(15)10-14/h2-7,10,16H,8-9,11H2,1H3. The summed E-state index contributed by atoms with van der Waals surface area (Å²) in [5, 5.41) is 3.16. The molecule has 0 aliphatic carbocycles. The fourth-order valence-electron chi connectivity index (χ4n) is 1.83. The summed E-state index contributed by atoms with van der Waals surface area (Å²) >= 11 is 3.43. The van der Waals surface area contributed by atoms with E-state index in [0.717, 1.165) is 23.3 Å². The van der Waals surface area contributed by atoms with E-state index in [0.29, 0.717) is 6.61 Å². The molecule has 1 heterocycles. The first-order valence-electron chi connectivity index (χ1n) is 5.96. The minimum atomic E-state index is 0.668. The molecule has 0 unspecified atom stereocenters. The maximum absolute atomic E-state index is 5.72. The molecule has 0 saturated heterocycles. The minimum absolute atomic E-state index is 0.668. The van der Waals surface area contributed by atoms with Gasteiger partial charge in [0.15, 0.2) is 0 Å². The number of hydrogen-bond donors (Lipinski definition) is 1. The summed E-state index contributed by atoms with van der Waals surface area (Å²) < 4.78 is 8.96. The van der Waals surface area contributed by atoms with Gasteiger partial charge in [0, 0.05) is 22.9 Å². The quantitative estimate of drug-likeness (QED) is 0.887. The number of nitrogens with one attached hydrogen (secondary N) is 1. The molecule has 0 radical (unpaired) electrons. The number of halogens is 1. The predicted octanol–water partition coefficient (Wildman–Crippen LogP) is 3.05. The Labute approximate surface area is 116 Å². The molecule has 0 aliphatic heterocycles. The van der Waals surface area contributed by atoms with Gasteiger partial charge in [-0.25, -0.2) is 0 Å². The Bertz CT molecular complexity index is 496. The number of ether oxygens (including phenoxy) is 1. The number of nitrogens with zero attached hydrogens (tertiary/aromatic N) is 1. The summed E-state index contributed by atoms with van der Waals surface area (Å²) in [6.07, 6.45) is 2.08. The van der Waals surface area contributed by atoms with Gasteiger partial charge in [0.25, 0.3) is 0 Å². The molecule has 0 amide bonds. The number of benzene rings is 1. The molecule has 1 aromatic heterocycles. The molecule has 1 N–H and O–H groups in total. The molecule has 0 spiro atoms. The maximum atomic E-state index is 5.72. The van der Waals surface area contributed by atoms with Crippen molar-refractivity contribution in [1.29, 1.82) is 0 Å². The van der Waals surface area contributed by atoms with Gasteiger partial charge in [-0.15, -0.1) is 0 Å². The summed E-state index contributed by atoms with van der Waals surface area (Å²) in [6, 6.07) is 12.1. The highest BCUT2D eigenvalue weighted by atomic mass is 79.9. The molecule has 1 aromatic carbocycles. The van der Waals surface area contributed by atoms with Crippen molar-refractivity contribution in [2.75, 3.05) is 13.7 Å². The monoisotopic (exact) mass is 308 g/mol. The van der Waals surface area contributed by atoms with Gasteiger partial charge in [-0.3, -0.25) is 0 Å². The van der Waals surface area contributed by atoms with E-state index in [4.69, 9.17) is 4.74 Å². The maximum Gasteiger partial charge on any atom is 0.120 e. The van der Waals surface area contributed by atoms with Crippen molar-refractivity contribution in [3.05, 3.63) is 52.8 Å². The molecule has 3 nitrogen and oxygen atoms in total. The lowest BCUT2D eigenvalue weighted by molar-refractivity contribution is 0.296. The van der Waals surface area contributed by atoms with E-state index in [1.54, 1.807) is 0 Å². The van der Waals surface area contributed by atoms with Gasteiger partial charge in [0.1, 0.15) is 12.4 Å². The summed E-state index contributed by atoms with van der Waals surface area (Å²) in [6.45, 7) is 2.41. The Balaban J connectivity index is 1.86. The van der Waals surface area contributed by atoms with Crippen LogP contribution in [0.5, 0.6) is 5.75 Å². The molecule has 0 aliphatic rings. The van der Waals surface area contributed by atoms with Gasteiger partial charge in [0.05, 0.1) is 6.54 Å². The molecular weight excluding hydrogens is 292 g/mol. The fraction of sp³-hybridized carbons (Fsp3) is 0.286. The van der Waals surface area contributed by atoms with E-state index in [9.17, 15) is 0 Å². The van der Waals surface area contributed by atoms with E-state index in [1.807, 2.05) is 31.3 Å². The van der Waals surface area contributed by atoms with Crippen LogP contribution in [0, 0.1) is 0 Å². The largest absolute Gasteiger partial charge is 0.492 e. The zero-order valence-corrected chi connectivity index (χ0v) is 12.0. The second-order valence-electron chi connectivity index (χ2n) is 4.03. The third kappa shape index (κ3) is 3.62. The lowest BCUT2D eigenvalue weighted by atomic mass is 10.3. The van der Waals surface area contributed by atoms with Crippen LogP contribution in [0.1, 0.15) is 5.69 Å². The molecule has 2 aromatic rings. The fourth-order valence-corrected chi connectivity index (χ4v) is 2.21. The van der Waals surface area contributed by atoms with Crippen LogP contribution in [0.4, 0.5) is 0 Å². The predicted molar refractivity (Wildman–Crippen MR) is 76.8 cm³/mol. The Kier molecular flexibility index (Phi) is 4.84. The van der Waals surface area contributed by atoms with E-state index < -0.39 is 0 Å². The minimum Gasteiger partial charge on any atom is -0.492 e. The third-order valence-corrected chi connectivity index (χ3v) is 3.17. The highest BCUT2D eigenvalue weighted by Crippen LogP contribution is 2.17. The van der Waals surface area contributed by atoms with Crippen molar-refractivity contribution >= 4 is 15.9 Å². The normalized spacial score (nSPS) is 10.6. The number of hydrogen-bond acceptors (Lipinski definition) is 2. The molecule has 0 saturated carbocycles. The SMILES string of the molecule is CNCc1cccn1CCOc1cccc(Br)c1. The average molecular weight is 309 g/mol. The van der Waals surface area contributed by atoms with E-state index in [-0.39, 0.29) is 0 Å². The Morgan fingerprint density at radius 3 is 2.94 bits per heavy atom. The highest BCUT2D eigenvalue weighted by Gasteiger charge is 2.00. The first kappa shape index (κ1) is 13.2. The van der Waals surface area contributed by atoms with Gasteiger partial charge in [-0.2, -0.15) is 0 Å². The molecule has 2 rings (SSSR count). The van der Waals surface area contributed by atoms with Gasteiger partial charge >= 0.3 is 0 Å². The number of rotatable bonds is 6. The molecule has 0 fully saturated rings. The Morgan fingerprint density at radius 2 is 2.17 bits per heavy atom. The molecule has 0 atom stereocenters. The van der Waals surface area contributed by atoms with Gasteiger partial charge in [-0.1, -0.05) is 22.0 Å². The van der Waals surface area contributed by atoms with Crippen LogP contribution in [-0.4, -0.2) is 18.2 Å². The van der Waals surface area contributed by atoms with Crippen LogP contribution in [0.25, 0.3) is 0 Å². The second kappa shape index (κ2) is 6.61. The molecular formula is C14H17BrN2O. The summed E-state index contributed by atoms with van der Waals surface area (Å²) in [7, 11) is 1.95. The van der Waals surface area contributed by atoms with Crippen LogP contribution in [0.3, 0.4) is 0 Å². The Hall–Kier alpha value is -1.26. The molecule has 18 heavy (non-hydrogen) atoms. The molecule has 0 bridgehead atoms. The Morgan fingerprint density at radius 1 is 1.28 bits per heavy atom. The molecule has 96 valence electrons. The topological polar surface area (TPSA) is 26.2 Å². The van der Waals surface area contributed by atoms with Crippen molar-refractivity contribution in [1.82, 2.24) is 9.88 Å². The van der Waals surface area contributed by atoms with Crippen LogP contribution < -0.4 is 10.1 Å². The third-order valence-electron chi connectivity index (χ3n) is 2.68. The van der Waals surface area contributed by atoms with Gasteiger partial charge in [-0.05, 0) is 37.4 Å². The zero-order chi connectivity index (χ0) is 12.8. The first-order valence-corrected chi connectivity index (χ1v) is 6.76. The average Bonchev–Trinajstić information content (AvgIpc) is 2.78. The van der Waals surface area contributed by atoms with Crippen LogP contribution in [0.15, 0.2) is 47.1 Å². The first-order chi connectivity index (χ1) is 8.79. The van der Waals surface area contributed by atoms with Crippen LogP contribution in [-0.2, 0) is 13.1 Å². The van der Waals surface area contributed by atoms with Crippen molar-refractivity contribution in [3.63, 3.8) is 0 Å². The second-order valence-corrected chi connectivity index (χ2v) is 4.94. The lowest BCUT2D eigenvalue weighted by Gasteiger charge is -2.10. The van der Waals surface area contributed by atoms with Gasteiger partial charge < -0.3 is 14.6 Å². The van der Waals surface area contributed by atoms with E-state index in [2.05, 4.69) is 44.1 Å². The van der Waals surface area contributed by atoms with Crippen molar-refractivity contribution in [2.45, 2.75) is 13.1 Å². The van der Waals surface area contributed by atoms with Crippen molar-refractivity contribution in [2.24, 2.45) is 0 Å². The molecule has 4 heteroatoms. The smallest absolute Gasteiger partial charge is 0.120 e. The number of aromatic nitrogens is 1. The summed E-state index contributed by atoms with van der Waals surface area (Å²) in [5.74, 6) is 0.895. The van der Waals surface area contributed by atoms with Crippen LogP contribution >= 0.6 is 15.9 Å². The highest BCUT2D eigenvalue weighted by molar-refractivity contribution is 9.10.